The largest absolute Gasteiger partial charge is 0.459 e. The Kier molecular flexibility index (Phi) is 4.29. The second-order valence-electron chi connectivity index (χ2n) is 4.78. The minimum atomic E-state index is -3.42. The quantitative estimate of drug-likeness (QED) is 0.661. The molecule has 2 rings (SSSR count). The van der Waals surface area contributed by atoms with E-state index in [0.717, 1.165) is 6.26 Å². The predicted molar refractivity (Wildman–Crippen MR) is 73.2 cm³/mol. The third kappa shape index (κ3) is 3.71. The van der Waals surface area contributed by atoms with Gasteiger partial charge in [0.15, 0.2) is 9.84 Å². The SMILES string of the molecule is CS(=O)(=O)c1cc(N)cc(C(=O)OC2CCOCC2)c1. The molecule has 1 heterocycles. The molecule has 1 aliphatic rings. The van der Waals surface area contributed by atoms with Crippen LogP contribution < -0.4 is 5.73 Å². The highest BCUT2D eigenvalue weighted by atomic mass is 32.2. The van der Waals surface area contributed by atoms with Crippen molar-refractivity contribution in [2.24, 2.45) is 0 Å². The van der Waals surface area contributed by atoms with Gasteiger partial charge in [0.1, 0.15) is 6.10 Å². The van der Waals surface area contributed by atoms with Gasteiger partial charge in [-0.15, -0.1) is 0 Å². The van der Waals surface area contributed by atoms with E-state index in [2.05, 4.69) is 0 Å². The number of sulfone groups is 1. The van der Waals surface area contributed by atoms with Gasteiger partial charge in [-0.3, -0.25) is 0 Å². The maximum Gasteiger partial charge on any atom is 0.338 e. The van der Waals surface area contributed by atoms with Crippen molar-refractivity contribution in [3.63, 3.8) is 0 Å². The van der Waals surface area contributed by atoms with Crippen molar-refractivity contribution in [1.82, 2.24) is 0 Å². The molecule has 0 bridgehead atoms. The molecule has 110 valence electrons. The first-order valence-corrected chi connectivity index (χ1v) is 8.15. The molecule has 1 aromatic carbocycles. The number of anilines is 1. The summed E-state index contributed by atoms with van der Waals surface area (Å²) < 4.78 is 33.6. The number of rotatable bonds is 3. The Bertz CT molecular complexity index is 605. The molecular formula is C13H17NO5S. The lowest BCUT2D eigenvalue weighted by molar-refractivity contribution is -0.0159. The summed E-state index contributed by atoms with van der Waals surface area (Å²) in [6, 6.07) is 4.02. The van der Waals surface area contributed by atoms with Gasteiger partial charge in [-0.2, -0.15) is 0 Å². The van der Waals surface area contributed by atoms with E-state index < -0.39 is 15.8 Å². The van der Waals surface area contributed by atoms with Crippen molar-refractivity contribution < 1.29 is 22.7 Å². The average molecular weight is 299 g/mol. The van der Waals surface area contributed by atoms with Crippen LogP contribution in [-0.4, -0.2) is 40.0 Å². The number of hydrogen-bond acceptors (Lipinski definition) is 6. The summed E-state index contributed by atoms with van der Waals surface area (Å²) in [5.74, 6) is -0.561. The van der Waals surface area contributed by atoms with Crippen LogP contribution in [0.4, 0.5) is 5.69 Å². The van der Waals surface area contributed by atoms with Crippen molar-refractivity contribution in [2.45, 2.75) is 23.8 Å². The van der Waals surface area contributed by atoms with Crippen LogP contribution in [0.2, 0.25) is 0 Å². The number of esters is 1. The van der Waals surface area contributed by atoms with Gasteiger partial charge in [-0.05, 0) is 18.2 Å². The molecule has 20 heavy (non-hydrogen) atoms. The average Bonchev–Trinajstić information content (AvgIpc) is 2.38. The second-order valence-corrected chi connectivity index (χ2v) is 6.80. The van der Waals surface area contributed by atoms with Gasteiger partial charge in [0, 0.05) is 24.8 Å². The van der Waals surface area contributed by atoms with Crippen molar-refractivity contribution in [2.75, 3.05) is 25.2 Å². The second kappa shape index (κ2) is 5.80. The number of nitrogens with two attached hydrogens (primary N) is 1. The van der Waals surface area contributed by atoms with E-state index in [0.29, 0.717) is 26.1 Å². The van der Waals surface area contributed by atoms with Crippen LogP contribution >= 0.6 is 0 Å². The lowest BCUT2D eigenvalue weighted by Crippen LogP contribution is -2.26. The molecule has 1 saturated heterocycles. The van der Waals surface area contributed by atoms with Gasteiger partial charge >= 0.3 is 5.97 Å². The molecular weight excluding hydrogens is 282 g/mol. The number of benzene rings is 1. The molecule has 0 aliphatic carbocycles. The first kappa shape index (κ1) is 14.8. The van der Waals surface area contributed by atoms with E-state index in [9.17, 15) is 13.2 Å². The zero-order chi connectivity index (χ0) is 14.8. The lowest BCUT2D eigenvalue weighted by Gasteiger charge is -2.22. The number of carbonyl (C=O) groups excluding carboxylic acids is 1. The van der Waals surface area contributed by atoms with Gasteiger partial charge in [-0.25, -0.2) is 13.2 Å². The summed E-state index contributed by atoms with van der Waals surface area (Å²) in [5, 5.41) is 0. The van der Waals surface area contributed by atoms with Crippen molar-refractivity contribution >= 4 is 21.5 Å². The molecule has 0 unspecified atom stereocenters. The fraction of sp³-hybridized carbons (Fsp3) is 0.462. The highest BCUT2D eigenvalue weighted by molar-refractivity contribution is 7.90. The summed E-state index contributed by atoms with van der Waals surface area (Å²) in [6.45, 7) is 1.12. The minimum Gasteiger partial charge on any atom is -0.459 e. The first-order valence-electron chi connectivity index (χ1n) is 6.25. The Morgan fingerprint density at radius 2 is 1.95 bits per heavy atom. The summed E-state index contributed by atoms with van der Waals surface area (Å²) >= 11 is 0. The Morgan fingerprint density at radius 3 is 2.55 bits per heavy atom. The molecule has 0 saturated carbocycles. The van der Waals surface area contributed by atoms with Gasteiger partial charge in [0.05, 0.1) is 23.7 Å². The van der Waals surface area contributed by atoms with E-state index >= 15 is 0 Å². The molecule has 1 aliphatic heterocycles. The maximum absolute atomic E-state index is 12.0. The van der Waals surface area contributed by atoms with Crippen LogP contribution in [0.15, 0.2) is 23.1 Å². The van der Waals surface area contributed by atoms with Gasteiger partial charge in [-0.1, -0.05) is 0 Å². The molecule has 0 radical (unpaired) electrons. The third-order valence-corrected chi connectivity index (χ3v) is 4.13. The Morgan fingerprint density at radius 1 is 1.30 bits per heavy atom. The normalized spacial score (nSPS) is 16.9. The van der Waals surface area contributed by atoms with Gasteiger partial charge in [0.25, 0.3) is 0 Å². The summed E-state index contributed by atoms with van der Waals surface area (Å²) in [5.41, 5.74) is 6.00. The highest BCUT2D eigenvalue weighted by Crippen LogP contribution is 2.19. The highest BCUT2D eigenvalue weighted by Gasteiger charge is 2.20. The van der Waals surface area contributed by atoms with Crippen LogP contribution in [0, 0.1) is 0 Å². The van der Waals surface area contributed by atoms with Gasteiger partial charge < -0.3 is 15.2 Å². The molecule has 0 atom stereocenters. The van der Waals surface area contributed by atoms with Crippen molar-refractivity contribution in [3.8, 4) is 0 Å². The van der Waals surface area contributed by atoms with Crippen LogP contribution in [0.25, 0.3) is 0 Å². The van der Waals surface area contributed by atoms with E-state index in [4.69, 9.17) is 15.2 Å². The zero-order valence-corrected chi connectivity index (χ0v) is 12.0. The molecule has 6 nitrogen and oxygen atoms in total. The zero-order valence-electron chi connectivity index (χ0n) is 11.2. The summed E-state index contributed by atoms with van der Waals surface area (Å²) in [7, 11) is -3.42. The molecule has 1 aromatic rings. The third-order valence-electron chi connectivity index (χ3n) is 3.03. The molecule has 0 spiro atoms. The van der Waals surface area contributed by atoms with Crippen molar-refractivity contribution in [3.05, 3.63) is 23.8 Å². The topological polar surface area (TPSA) is 95.7 Å². The Balaban J connectivity index is 2.19. The van der Waals surface area contributed by atoms with Gasteiger partial charge in [0.2, 0.25) is 0 Å². The fourth-order valence-corrected chi connectivity index (χ4v) is 2.66. The minimum absolute atomic E-state index is 0.0106. The van der Waals surface area contributed by atoms with Crippen LogP contribution in [-0.2, 0) is 19.3 Å². The number of carbonyl (C=O) groups is 1. The maximum atomic E-state index is 12.0. The van der Waals surface area contributed by atoms with Crippen molar-refractivity contribution in [1.29, 1.82) is 0 Å². The lowest BCUT2D eigenvalue weighted by atomic mass is 10.1. The predicted octanol–water partition coefficient (Wildman–Crippen LogP) is 1.01. The molecule has 2 N–H and O–H groups in total. The number of hydrogen-bond donors (Lipinski definition) is 1. The fourth-order valence-electron chi connectivity index (χ4n) is 1.97. The Labute approximate surface area is 117 Å². The van der Waals surface area contributed by atoms with E-state index in [1.807, 2.05) is 0 Å². The van der Waals surface area contributed by atoms with Crippen LogP contribution in [0.3, 0.4) is 0 Å². The van der Waals surface area contributed by atoms with Crippen LogP contribution in [0.1, 0.15) is 23.2 Å². The Hall–Kier alpha value is -1.60. The standard InChI is InChI=1S/C13H17NO5S/c1-20(16,17)12-7-9(6-10(14)8-12)13(15)19-11-2-4-18-5-3-11/h6-8,11H,2-5,14H2,1H3. The summed E-state index contributed by atoms with van der Waals surface area (Å²) in [6.07, 6.45) is 2.16. The number of nitrogen functional groups attached to an aromatic ring is 1. The van der Waals surface area contributed by atoms with E-state index in [1.165, 1.54) is 18.2 Å². The molecule has 0 aromatic heterocycles. The smallest absolute Gasteiger partial charge is 0.338 e. The van der Waals surface area contributed by atoms with E-state index in [1.54, 1.807) is 0 Å². The summed E-state index contributed by atoms with van der Waals surface area (Å²) in [4.78, 5) is 12.0. The van der Waals surface area contributed by atoms with E-state index in [-0.39, 0.29) is 22.3 Å². The molecule has 1 fully saturated rings. The molecule has 7 heteroatoms. The number of ether oxygens (including phenoxy) is 2. The monoisotopic (exact) mass is 299 g/mol. The molecule has 0 amide bonds. The first-order chi connectivity index (χ1) is 9.36. The van der Waals surface area contributed by atoms with Crippen LogP contribution in [0.5, 0.6) is 0 Å².